The van der Waals surface area contributed by atoms with Gasteiger partial charge in [-0.3, -0.25) is 34.2 Å². The van der Waals surface area contributed by atoms with E-state index in [1.54, 1.807) is 37.3 Å². The lowest BCUT2D eigenvalue weighted by atomic mass is 10.0. The number of likely N-dealkylation sites (N-methyl/N-ethyl adjacent to an activating group) is 1. The number of hydrogen-bond acceptors (Lipinski definition) is 9. The fourth-order valence-corrected chi connectivity index (χ4v) is 5.07. The summed E-state index contributed by atoms with van der Waals surface area (Å²) in [6, 6.07) is 10.4. The number of piperidine rings is 1. The Morgan fingerprint density at radius 3 is 2.48 bits per heavy atom. The Morgan fingerprint density at radius 1 is 1.04 bits per heavy atom. The highest BCUT2D eigenvalue weighted by atomic mass is 16.5. The van der Waals surface area contributed by atoms with Gasteiger partial charge in [0.15, 0.2) is 0 Å². The number of imide groups is 1. The van der Waals surface area contributed by atoms with Gasteiger partial charge < -0.3 is 26.4 Å². The molecule has 1 fully saturated rings. The number of unbranched alkanes of at least 4 members (excludes halogenated alkanes) is 4. The normalized spacial score (nSPS) is 14.1. The van der Waals surface area contributed by atoms with Gasteiger partial charge in [0.2, 0.25) is 24.1 Å². The van der Waals surface area contributed by atoms with Crippen molar-refractivity contribution >= 4 is 41.8 Å². The maximum atomic E-state index is 12.6. The Hall–Kier alpha value is -4.29. The first-order chi connectivity index (χ1) is 22.2. The zero-order valence-electron chi connectivity index (χ0n) is 27.4. The molecule has 12 heteroatoms. The van der Waals surface area contributed by atoms with Crippen LogP contribution < -0.4 is 31.7 Å². The molecule has 1 aliphatic heterocycles. The third kappa shape index (κ3) is 13.8. The minimum absolute atomic E-state index is 0.103. The van der Waals surface area contributed by atoms with E-state index in [1.807, 2.05) is 25.1 Å². The number of carbonyl (C=O) groups excluding carboxylic acids is 5. The Kier molecular flexibility index (Phi) is 17.7. The predicted molar refractivity (Wildman–Crippen MR) is 179 cm³/mol. The van der Waals surface area contributed by atoms with Gasteiger partial charge in [-0.2, -0.15) is 0 Å². The molecule has 1 saturated heterocycles. The van der Waals surface area contributed by atoms with Crippen LogP contribution in [0.4, 0.5) is 11.4 Å². The van der Waals surface area contributed by atoms with Gasteiger partial charge in [0.25, 0.3) is 0 Å². The number of nitrogens with zero attached hydrogens (tertiary/aromatic N) is 1. The van der Waals surface area contributed by atoms with Crippen molar-refractivity contribution in [1.82, 2.24) is 20.9 Å². The van der Waals surface area contributed by atoms with Crippen molar-refractivity contribution in [2.24, 2.45) is 0 Å². The van der Waals surface area contributed by atoms with Crippen molar-refractivity contribution in [1.29, 1.82) is 0 Å². The van der Waals surface area contributed by atoms with Gasteiger partial charge in [0.1, 0.15) is 12.0 Å². The molecular formula is C34H50N6O6. The SMILES string of the molecule is CN(Cc1c(C=O)cccc1NC(=O)CCCCCCCNCCCNC=O)C1CCC(=O)NC1=O.COc1cc(C)ccc1N. The minimum Gasteiger partial charge on any atom is -0.495 e. The van der Waals surface area contributed by atoms with Crippen LogP contribution in [0.2, 0.25) is 0 Å². The Morgan fingerprint density at radius 2 is 1.78 bits per heavy atom. The summed E-state index contributed by atoms with van der Waals surface area (Å²) in [5.41, 5.74) is 9.10. The lowest BCUT2D eigenvalue weighted by Gasteiger charge is -2.30. The van der Waals surface area contributed by atoms with Crippen molar-refractivity contribution in [2.75, 3.05) is 44.8 Å². The number of aldehydes is 1. The van der Waals surface area contributed by atoms with E-state index in [-0.39, 0.29) is 24.1 Å². The summed E-state index contributed by atoms with van der Waals surface area (Å²) in [7, 11) is 3.39. The number of nitrogens with two attached hydrogens (primary N) is 1. The molecular weight excluding hydrogens is 588 g/mol. The maximum absolute atomic E-state index is 12.6. The molecule has 0 spiro atoms. The van der Waals surface area contributed by atoms with E-state index in [2.05, 4.69) is 21.3 Å². The Bertz CT molecular complexity index is 1290. The molecule has 3 rings (SSSR count). The molecule has 0 bridgehead atoms. The number of nitrogens with one attached hydrogen (secondary N) is 4. The smallest absolute Gasteiger partial charge is 0.243 e. The van der Waals surface area contributed by atoms with Crippen LogP contribution in [0.5, 0.6) is 5.75 Å². The summed E-state index contributed by atoms with van der Waals surface area (Å²) in [4.78, 5) is 59.8. The molecule has 0 saturated carbocycles. The van der Waals surface area contributed by atoms with Gasteiger partial charge >= 0.3 is 0 Å². The molecule has 6 N–H and O–H groups in total. The third-order valence-corrected chi connectivity index (χ3v) is 7.67. The topological polar surface area (TPSA) is 172 Å². The predicted octanol–water partition coefficient (Wildman–Crippen LogP) is 3.33. The highest BCUT2D eigenvalue weighted by Crippen LogP contribution is 2.24. The molecule has 0 aromatic heterocycles. The zero-order valence-corrected chi connectivity index (χ0v) is 27.4. The number of hydrogen-bond donors (Lipinski definition) is 5. The van der Waals surface area contributed by atoms with E-state index in [1.165, 1.54) is 0 Å². The van der Waals surface area contributed by atoms with Crippen LogP contribution in [0.1, 0.15) is 79.3 Å². The Labute approximate surface area is 272 Å². The zero-order chi connectivity index (χ0) is 33.7. The number of methoxy groups -OCH3 is 1. The molecule has 1 aliphatic rings. The van der Waals surface area contributed by atoms with Gasteiger partial charge in [-0.1, -0.05) is 37.5 Å². The van der Waals surface area contributed by atoms with Crippen molar-refractivity contribution in [3.05, 3.63) is 53.1 Å². The van der Waals surface area contributed by atoms with Crippen molar-refractivity contribution in [3.8, 4) is 5.75 Å². The summed E-state index contributed by atoms with van der Waals surface area (Å²) < 4.78 is 5.00. The van der Waals surface area contributed by atoms with E-state index in [0.29, 0.717) is 54.8 Å². The molecule has 2 aromatic rings. The van der Waals surface area contributed by atoms with Crippen LogP contribution in [0, 0.1) is 6.92 Å². The fraction of sp³-hybridized carbons (Fsp3) is 0.500. The number of benzene rings is 2. The molecule has 1 heterocycles. The van der Waals surface area contributed by atoms with Crippen LogP contribution in [-0.2, 0) is 25.7 Å². The number of carbonyl (C=O) groups is 5. The lowest BCUT2D eigenvalue weighted by Crippen LogP contribution is -2.51. The highest BCUT2D eigenvalue weighted by molar-refractivity contribution is 6.00. The molecule has 2 aromatic carbocycles. The summed E-state index contributed by atoms with van der Waals surface area (Å²) >= 11 is 0. The van der Waals surface area contributed by atoms with Gasteiger partial charge in [0, 0.05) is 42.7 Å². The molecule has 46 heavy (non-hydrogen) atoms. The van der Waals surface area contributed by atoms with E-state index in [0.717, 1.165) is 69.2 Å². The number of amides is 4. The lowest BCUT2D eigenvalue weighted by molar-refractivity contribution is -0.137. The monoisotopic (exact) mass is 638 g/mol. The van der Waals surface area contributed by atoms with Gasteiger partial charge in [-0.05, 0) is 76.5 Å². The first-order valence-electron chi connectivity index (χ1n) is 15.9. The van der Waals surface area contributed by atoms with Gasteiger partial charge in [-0.25, -0.2) is 0 Å². The van der Waals surface area contributed by atoms with E-state index in [4.69, 9.17) is 10.5 Å². The summed E-state index contributed by atoms with van der Waals surface area (Å²) in [5, 5.41) is 11.3. The number of nitrogen functional groups attached to an aromatic ring is 1. The fourth-order valence-electron chi connectivity index (χ4n) is 5.07. The highest BCUT2D eigenvalue weighted by Gasteiger charge is 2.30. The van der Waals surface area contributed by atoms with Gasteiger partial charge in [0.05, 0.1) is 18.8 Å². The van der Waals surface area contributed by atoms with Crippen LogP contribution >= 0.6 is 0 Å². The molecule has 0 aliphatic carbocycles. The van der Waals surface area contributed by atoms with Gasteiger partial charge in [-0.15, -0.1) is 0 Å². The van der Waals surface area contributed by atoms with Crippen molar-refractivity contribution in [2.45, 2.75) is 77.3 Å². The standard InChI is InChI=1S/C26H39N5O5.C8H11NO/c1-31(23-12-13-25(35)30-26(23)36)17-21-20(18-32)9-7-10-22(21)29-24(34)11-5-3-2-4-6-14-27-15-8-16-28-19-33;1-6-3-4-7(9)8(5-6)10-2/h7,9-10,18-19,23,27H,2-6,8,11-17H2,1H3,(H,28,33)(H,29,34)(H,30,35,36);3-5H,9H2,1-2H3. The second-order valence-corrected chi connectivity index (χ2v) is 11.4. The van der Waals surface area contributed by atoms with E-state index in [9.17, 15) is 24.0 Å². The van der Waals surface area contributed by atoms with Crippen LogP contribution in [0.25, 0.3) is 0 Å². The van der Waals surface area contributed by atoms with Crippen molar-refractivity contribution in [3.63, 3.8) is 0 Å². The van der Waals surface area contributed by atoms with E-state index >= 15 is 0 Å². The third-order valence-electron chi connectivity index (χ3n) is 7.67. The van der Waals surface area contributed by atoms with E-state index < -0.39 is 6.04 Å². The largest absolute Gasteiger partial charge is 0.495 e. The molecule has 1 unspecified atom stereocenters. The Balaban J connectivity index is 0.000000623. The van der Waals surface area contributed by atoms with Crippen LogP contribution in [0.3, 0.4) is 0 Å². The van der Waals surface area contributed by atoms with Crippen LogP contribution in [0.15, 0.2) is 36.4 Å². The number of rotatable bonds is 19. The molecule has 4 amide bonds. The summed E-state index contributed by atoms with van der Waals surface area (Å²) in [5.74, 6) is 0.0295. The quantitative estimate of drug-likeness (QED) is 0.0670. The molecule has 1 atom stereocenters. The minimum atomic E-state index is -0.472. The first kappa shape index (κ1) is 37.9. The number of aryl methyl sites for hydroxylation is 1. The average molecular weight is 639 g/mol. The second kappa shape index (κ2) is 21.4. The maximum Gasteiger partial charge on any atom is 0.243 e. The second-order valence-electron chi connectivity index (χ2n) is 11.4. The van der Waals surface area contributed by atoms with Crippen LogP contribution in [-0.4, -0.2) is 75.2 Å². The summed E-state index contributed by atoms with van der Waals surface area (Å²) in [6.07, 6.45) is 8.46. The molecule has 0 radical (unpaired) electrons. The molecule has 12 nitrogen and oxygen atoms in total. The average Bonchev–Trinajstić information content (AvgIpc) is 3.03. The first-order valence-corrected chi connectivity index (χ1v) is 15.9. The molecule has 252 valence electrons. The summed E-state index contributed by atoms with van der Waals surface area (Å²) in [6.45, 7) is 4.82. The number of anilines is 2. The van der Waals surface area contributed by atoms with Crippen molar-refractivity contribution < 1.29 is 28.7 Å². The number of ether oxygens (including phenoxy) is 1.